The largest absolute Gasteiger partial charge is 0.369 e. The number of H-pyrrole nitrogens is 1. The van der Waals surface area contributed by atoms with Crippen molar-refractivity contribution in [2.45, 2.75) is 32.2 Å². The molecule has 138 valence electrons. The SMILES string of the molecule is CC(=O)N[C@@H](Cc1c[nH]c2ccccc12)C(=O)N1CCC(C(N)=O)CC1. The monoisotopic (exact) mass is 356 g/mol. The molecule has 1 saturated heterocycles. The Bertz CT molecular complexity index is 821. The number of aromatic amines is 1. The zero-order valence-electron chi connectivity index (χ0n) is 14.8. The van der Waals surface area contributed by atoms with Crippen LogP contribution >= 0.6 is 0 Å². The number of nitrogens with two attached hydrogens (primary N) is 1. The summed E-state index contributed by atoms with van der Waals surface area (Å²) < 4.78 is 0. The molecular weight excluding hydrogens is 332 g/mol. The molecule has 3 rings (SSSR count). The summed E-state index contributed by atoms with van der Waals surface area (Å²) in [7, 11) is 0. The lowest BCUT2D eigenvalue weighted by Gasteiger charge is -2.33. The molecule has 2 aromatic rings. The topological polar surface area (TPSA) is 108 Å². The molecule has 0 bridgehead atoms. The van der Waals surface area contributed by atoms with Gasteiger partial charge < -0.3 is 20.9 Å². The van der Waals surface area contributed by atoms with Crippen LogP contribution in [-0.2, 0) is 20.8 Å². The minimum Gasteiger partial charge on any atom is -0.369 e. The van der Waals surface area contributed by atoms with Crippen LogP contribution < -0.4 is 11.1 Å². The van der Waals surface area contributed by atoms with Crippen LogP contribution in [0.1, 0.15) is 25.3 Å². The van der Waals surface area contributed by atoms with Crippen molar-refractivity contribution in [3.05, 3.63) is 36.0 Å². The molecule has 0 unspecified atom stereocenters. The Hall–Kier alpha value is -2.83. The molecule has 0 saturated carbocycles. The Kier molecular flexibility index (Phi) is 5.25. The number of hydrogen-bond acceptors (Lipinski definition) is 3. The summed E-state index contributed by atoms with van der Waals surface area (Å²) in [5.74, 6) is -0.843. The van der Waals surface area contributed by atoms with Crippen LogP contribution in [0.15, 0.2) is 30.5 Å². The van der Waals surface area contributed by atoms with Gasteiger partial charge in [0, 0.05) is 49.5 Å². The predicted octanol–water partition coefficient (Wildman–Crippen LogP) is 0.939. The number of carbonyl (C=O) groups excluding carboxylic acids is 3. The molecule has 26 heavy (non-hydrogen) atoms. The molecule has 0 aliphatic carbocycles. The molecule has 3 amide bonds. The Labute approximate surface area is 151 Å². The second-order valence-electron chi connectivity index (χ2n) is 6.82. The summed E-state index contributed by atoms with van der Waals surface area (Å²) in [4.78, 5) is 40.8. The van der Waals surface area contributed by atoms with Crippen LogP contribution in [0.2, 0.25) is 0 Å². The molecule has 1 atom stereocenters. The van der Waals surface area contributed by atoms with E-state index in [1.807, 2.05) is 30.5 Å². The molecular formula is C19H24N4O3. The first-order valence-corrected chi connectivity index (χ1v) is 8.86. The summed E-state index contributed by atoms with van der Waals surface area (Å²) in [5, 5.41) is 3.82. The van der Waals surface area contributed by atoms with Crippen molar-refractivity contribution < 1.29 is 14.4 Å². The van der Waals surface area contributed by atoms with Crippen LogP contribution in [0.25, 0.3) is 10.9 Å². The van der Waals surface area contributed by atoms with E-state index in [4.69, 9.17) is 5.73 Å². The van der Waals surface area contributed by atoms with Crippen LogP contribution in [0.4, 0.5) is 0 Å². The number of piperidine rings is 1. The number of amides is 3. The van der Waals surface area contributed by atoms with Crippen LogP contribution in [0, 0.1) is 5.92 Å². The van der Waals surface area contributed by atoms with Crippen molar-refractivity contribution in [2.24, 2.45) is 11.7 Å². The van der Waals surface area contributed by atoms with Crippen molar-refractivity contribution in [1.29, 1.82) is 0 Å². The third-order valence-electron chi connectivity index (χ3n) is 4.98. The van der Waals surface area contributed by atoms with Gasteiger partial charge in [0.25, 0.3) is 0 Å². The van der Waals surface area contributed by atoms with E-state index in [2.05, 4.69) is 10.3 Å². The molecule has 1 aliphatic heterocycles. The number of para-hydroxylation sites is 1. The van der Waals surface area contributed by atoms with E-state index in [0.717, 1.165) is 16.5 Å². The van der Waals surface area contributed by atoms with Crippen molar-refractivity contribution in [1.82, 2.24) is 15.2 Å². The average molecular weight is 356 g/mol. The summed E-state index contributed by atoms with van der Waals surface area (Å²) >= 11 is 0. The van der Waals surface area contributed by atoms with Gasteiger partial charge in [-0.05, 0) is 24.5 Å². The van der Waals surface area contributed by atoms with Gasteiger partial charge in [-0.1, -0.05) is 18.2 Å². The lowest BCUT2D eigenvalue weighted by molar-refractivity contribution is -0.138. The van der Waals surface area contributed by atoms with Crippen molar-refractivity contribution in [3.63, 3.8) is 0 Å². The molecule has 2 heterocycles. The van der Waals surface area contributed by atoms with Crippen LogP contribution in [-0.4, -0.2) is 46.7 Å². The highest BCUT2D eigenvalue weighted by Crippen LogP contribution is 2.21. The number of likely N-dealkylation sites (tertiary alicyclic amines) is 1. The Morgan fingerprint density at radius 3 is 2.62 bits per heavy atom. The lowest BCUT2D eigenvalue weighted by Crippen LogP contribution is -2.52. The predicted molar refractivity (Wildman–Crippen MR) is 98.1 cm³/mol. The van der Waals surface area contributed by atoms with Gasteiger partial charge in [-0.2, -0.15) is 0 Å². The quantitative estimate of drug-likeness (QED) is 0.742. The highest BCUT2D eigenvalue weighted by molar-refractivity contribution is 5.89. The third kappa shape index (κ3) is 3.87. The Morgan fingerprint density at radius 2 is 1.96 bits per heavy atom. The van der Waals surface area contributed by atoms with Gasteiger partial charge in [-0.3, -0.25) is 14.4 Å². The number of nitrogens with one attached hydrogen (secondary N) is 2. The van der Waals surface area contributed by atoms with E-state index >= 15 is 0 Å². The molecule has 7 nitrogen and oxygen atoms in total. The molecule has 7 heteroatoms. The number of nitrogens with zero attached hydrogens (tertiary/aromatic N) is 1. The summed E-state index contributed by atoms with van der Waals surface area (Å²) in [6, 6.07) is 7.24. The lowest BCUT2D eigenvalue weighted by atomic mass is 9.95. The second kappa shape index (κ2) is 7.59. The van der Waals surface area contributed by atoms with E-state index in [0.29, 0.717) is 32.4 Å². The molecule has 0 spiro atoms. The maximum atomic E-state index is 13.0. The fourth-order valence-electron chi connectivity index (χ4n) is 3.57. The molecule has 4 N–H and O–H groups in total. The number of primary amides is 1. The normalized spacial score (nSPS) is 16.4. The number of benzene rings is 1. The zero-order valence-corrected chi connectivity index (χ0v) is 14.8. The van der Waals surface area contributed by atoms with Gasteiger partial charge in [0.05, 0.1) is 0 Å². The molecule has 0 radical (unpaired) electrons. The van der Waals surface area contributed by atoms with Gasteiger partial charge in [0.1, 0.15) is 6.04 Å². The first-order valence-electron chi connectivity index (χ1n) is 8.86. The maximum Gasteiger partial charge on any atom is 0.245 e. The number of carbonyl (C=O) groups is 3. The Morgan fingerprint density at radius 1 is 1.27 bits per heavy atom. The van der Waals surface area contributed by atoms with E-state index in [-0.39, 0.29) is 23.6 Å². The number of hydrogen-bond donors (Lipinski definition) is 3. The standard InChI is InChI=1S/C19H24N4O3/c1-12(24)22-17(10-14-11-21-16-5-3-2-4-15(14)16)19(26)23-8-6-13(7-9-23)18(20)25/h2-5,11,13,17,21H,6-10H2,1H3,(H2,20,25)(H,22,24)/t17-/m0/s1. The van der Waals surface area contributed by atoms with Crippen molar-refractivity contribution >= 4 is 28.6 Å². The highest BCUT2D eigenvalue weighted by Gasteiger charge is 2.30. The van der Waals surface area contributed by atoms with E-state index in [9.17, 15) is 14.4 Å². The molecule has 1 fully saturated rings. The summed E-state index contributed by atoms with van der Waals surface area (Å²) in [5.41, 5.74) is 7.34. The number of fused-ring (bicyclic) bond motifs is 1. The third-order valence-corrected chi connectivity index (χ3v) is 4.98. The maximum absolute atomic E-state index is 13.0. The number of rotatable bonds is 5. The summed E-state index contributed by atoms with van der Waals surface area (Å²) in [6.07, 6.45) is 3.44. The van der Waals surface area contributed by atoms with Crippen LogP contribution in [0.5, 0.6) is 0 Å². The minimum atomic E-state index is -0.628. The van der Waals surface area contributed by atoms with Gasteiger partial charge in [0.2, 0.25) is 17.7 Å². The highest BCUT2D eigenvalue weighted by atomic mass is 16.2. The van der Waals surface area contributed by atoms with Gasteiger partial charge >= 0.3 is 0 Å². The van der Waals surface area contributed by atoms with Crippen molar-refractivity contribution in [3.8, 4) is 0 Å². The first kappa shape index (κ1) is 18.0. The molecule has 1 aliphatic rings. The Balaban J connectivity index is 1.74. The fourth-order valence-corrected chi connectivity index (χ4v) is 3.57. The second-order valence-corrected chi connectivity index (χ2v) is 6.82. The summed E-state index contributed by atoms with van der Waals surface area (Å²) in [6.45, 7) is 2.38. The van der Waals surface area contributed by atoms with Gasteiger partial charge in [-0.15, -0.1) is 0 Å². The number of aromatic nitrogens is 1. The van der Waals surface area contributed by atoms with Gasteiger partial charge in [0.15, 0.2) is 0 Å². The minimum absolute atomic E-state index is 0.117. The van der Waals surface area contributed by atoms with Crippen molar-refractivity contribution in [2.75, 3.05) is 13.1 Å². The molecule has 1 aromatic heterocycles. The van der Waals surface area contributed by atoms with E-state index < -0.39 is 6.04 Å². The molecule has 1 aromatic carbocycles. The first-order chi connectivity index (χ1) is 12.5. The van der Waals surface area contributed by atoms with E-state index in [1.165, 1.54) is 6.92 Å². The van der Waals surface area contributed by atoms with Gasteiger partial charge in [-0.25, -0.2) is 0 Å². The zero-order chi connectivity index (χ0) is 18.7. The van der Waals surface area contributed by atoms with Crippen LogP contribution in [0.3, 0.4) is 0 Å². The smallest absolute Gasteiger partial charge is 0.245 e. The fraction of sp³-hybridized carbons (Fsp3) is 0.421. The average Bonchev–Trinajstić information content (AvgIpc) is 3.03. The van der Waals surface area contributed by atoms with E-state index in [1.54, 1.807) is 4.90 Å².